The van der Waals surface area contributed by atoms with Crippen LogP contribution in [0.15, 0.2) is 45.7 Å². The molecule has 0 atom stereocenters. The molecular formula is C17H12ClN3OS3. The molecule has 0 aliphatic heterocycles. The van der Waals surface area contributed by atoms with Crippen LogP contribution in [0, 0.1) is 6.92 Å². The Kier molecular flexibility index (Phi) is 4.64. The van der Waals surface area contributed by atoms with Crippen molar-refractivity contribution in [3.05, 3.63) is 61.9 Å². The van der Waals surface area contributed by atoms with Crippen molar-refractivity contribution >= 4 is 56.3 Å². The maximum atomic E-state index is 12.6. The van der Waals surface area contributed by atoms with Gasteiger partial charge in [0.25, 0.3) is 5.56 Å². The molecule has 0 unspecified atom stereocenters. The average Bonchev–Trinajstić information content (AvgIpc) is 3.20. The van der Waals surface area contributed by atoms with Crippen molar-refractivity contribution in [2.24, 2.45) is 0 Å². The number of pyridine rings is 1. The van der Waals surface area contributed by atoms with Crippen molar-refractivity contribution < 1.29 is 0 Å². The molecule has 4 rings (SSSR count). The van der Waals surface area contributed by atoms with E-state index in [1.54, 1.807) is 29.7 Å². The number of thiophene rings is 2. The molecule has 0 saturated heterocycles. The predicted octanol–water partition coefficient (Wildman–Crippen LogP) is 5.36. The standard InChI is InChI=1S/C17H12ClN3OS3/c1-9-4-5-12(25-9)10-7-23-17-14(10)15(22)20-13(21-17)8-24-16-11(18)3-2-6-19-16/h2-7H,8H2,1H3,(H,20,21,22). The second kappa shape index (κ2) is 6.92. The lowest BCUT2D eigenvalue weighted by atomic mass is 10.2. The number of aromatic nitrogens is 3. The maximum Gasteiger partial charge on any atom is 0.260 e. The predicted molar refractivity (Wildman–Crippen MR) is 107 cm³/mol. The van der Waals surface area contributed by atoms with E-state index in [9.17, 15) is 4.79 Å². The van der Waals surface area contributed by atoms with Gasteiger partial charge in [0.05, 0.1) is 16.2 Å². The summed E-state index contributed by atoms with van der Waals surface area (Å²) in [6.07, 6.45) is 1.70. The highest BCUT2D eigenvalue weighted by molar-refractivity contribution is 7.98. The van der Waals surface area contributed by atoms with Gasteiger partial charge in [-0.1, -0.05) is 23.4 Å². The van der Waals surface area contributed by atoms with E-state index in [0.29, 0.717) is 22.0 Å². The highest BCUT2D eigenvalue weighted by Gasteiger charge is 2.14. The van der Waals surface area contributed by atoms with Gasteiger partial charge in [0.1, 0.15) is 15.7 Å². The molecule has 4 nitrogen and oxygen atoms in total. The highest BCUT2D eigenvalue weighted by Crippen LogP contribution is 2.35. The molecule has 0 fully saturated rings. The molecule has 0 aliphatic rings. The quantitative estimate of drug-likeness (QED) is 0.464. The minimum Gasteiger partial charge on any atom is -0.309 e. The molecular weight excluding hydrogens is 394 g/mol. The SMILES string of the molecule is Cc1ccc(-c2csc3nc(CSc4ncccc4Cl)[nH]c(=O)c23)s1. The zero-order chi connectivity index (χ0) is 17.4. The van der Waals surface area contributed by atoms with E-state index in [4.69, 9.17) is 11.6 Å². The molecule has 126 valence electrons. The number of hydrogen-bond donors (Lipinski definition) is 1. The van der Waals surface area contributed by atoms with Crippen LogP contribution in [0.2, 0.25) is 5.02 Å². The lowest BCUT2D eigenvalue weighted by molar-refractivity contribution is 1.04. The number of aromatic amines is 1. The summed E-state index contributed by atoms with van der Waals surface area (Å²) in [6, 6.07) is 7.70. The van der Waals surface area contributed by atoms with Crippen LogP contribution in [0.4, 0.5) is 0 Å². The lowest BCUT2D eigenvalue weighted by Gasteiger charge is -2.03. The summed E-state index contributed by atoms with van der Waals surface area (Å²) in [6.45, 7) is 2.06. The molecule has 0 radical (unpaired) electrons. The molecule has 4 aromatic rings. The van der Waals surface area contributed by atoms with E-state index in [-0.39, 0.29) is 5.56 Å². The number of nitrogens with one attached hydrogen (secondary N) is 1. The zero-order valence-corrected chi connectivity index (χ0v) is 16.3. The Balaban J connectivity index is 1.67. The number of fused-ring (bicyclic) bond motifs is 1. The second-order valence-electron chi connectivity index (χ2n) is 5.33. The van der Waals surface area contributed by atoms with Gasteiger partial charge < -0.3 is 4.98 Å². The van der Waals surface area contributed by atoms with Crippen LogP contribution in [-0.4, -0.2) is 15.0 Å². The Hall–Kier alpha value is -1.67. The zero-order valence-electron chi connectivity index (χ0n) is 13.1. The van der Waals surface area contributed by atoms with Crippen molar-refractivity contribution in [2.75, 3.05) is 0 Å². The third kappa shape index (κ3) is 3.37. The van der Waals surface area contributed by atoms with Crippen LogP contribution in [0.3, 0.4) is 0 Å². The Morgan fingerprint density at radius 3 is 2.96 bits per heavy atom. The molecule has 1 N–H and O–H groups in total. The van der Waals surface area contributed by atoms with E-state index in [1.807, 2.05) is 11.4 Å². The summed E-state index contributed by atoms with van der Waals surface area (Å²) in [5.74, 6) is 1.13. The first kappa shape index (κ1) is 16.8. The van der Waals surface area contributed by atoms with E-state index in [1.165, 1.54) is 28.0 Å². The third-order valence-corrected chi connectivity index (χ3v) is 6.91. The first-order valence-electron chi connectivity index (χ1n) is 7.42. The van der Waals surface area contributed by atoms with Crippen molar-refractivity contribution in [3.63, 3.8) is 0 Å². The van der Waals surface area contributed by atoms with Crippen LogP contribution in [0.25, 0.3) is 20.7 Å². The van der Waals surface area contributed by atoms with Gasteiger partial charge in [0.15, 0.2) is 0 Å². The Bertz CT molecular complexity index is 1120. The van der Waals surface area contributed by atoms with Gasteiger partial charge >= 0.3 is 0 Å². The summed E-state index contributed by atoms with van der Waals surface area (Å²) < 4.78 is 0. The topological polar surface area (TPSA) is 58.6 Å². The number of H-pyrrole nitrogens is 1. The second-order valence-corrected chi connectivity index (χ2v) is 8.85. The van der Waals surface area contributed by atoms with Crippen LogP contribution >= 0.6 is 46.0 Å². The van der Waals surface area contributed by atoms with Crippen molar-refractivity contribution in [1.82, 2.24) is 15.0 Å². The summed E-state index contributed by atoms with van der Waals surface area (Å²) >= 11 is 10.7. The number of thioether (sulfide) groups is 1. The van der Waals surface area contributed by atoms with E-state index < -0.39 is 0 Å². The fourth-order valence-electron chi connectivity index (χ4n) is 2.44. The van der Waals surface area contributed by atoms with E-state index in [2.05, 4.69) is 27.9 Å². The van der Waals surface area contributed by atoms with Gasteiger partial charge in [0, 0.05) is 26.9 Å². The summed E-state index contributed by atoms with van der Waals surface area (Å²) in [5, 5.41) is 4.00. The summed E-state index contributed by atoms with van der Waals surface area (Å²) in [5.41, 5.74) is 0.855. The molecule has 0 saturated carbocycles. The largest absolute Gasteiger partial charge is 0.309 e. The number of aryl methyl sites for hydroxylation is 1. The van der Waals surface area contributed by atoms with Gasteiger partial charge in [0.2, 0.25) is 0 Å². The van der Waals surface area contributed by atoms with Crippen molar-refractivity contribution in [3.8, 4) is 10.4 Å². The molecule has 8 heteroatoms. The number of rotatable bonds is 4. The van der Waals surface area contributed by atoms with Gasteiger partial charge in [-0.15, -0.1) is 22.7 Å². The van der Waals surface area contributed by atoms with E-state index in [0.717, 1.165) is 20.3 Å². The molecule has 0 aromatic carbocycles. The number of hydrogen-bond acceptors (Lipinski definition) is 6. The van der Waals surface area contributed by atoms with Gasteiger partial charge in [-0.3, -0.25) is 4.79 Å². The number of halogens is 1. The van der Waals surface area contributed by atoms with Crippen LogP contribution in [-0.2, 0) is 5.75 Å². The highest BCUT2D eigenvalue weighted by atomic mass is 35.5. The molecule has 0 spiro atoms. The molecule has 25 heavy (non-hydrogen) atoms. The Morgan fingerprint density at radius 2 is 2.20 bits per heavy atom. The maximum absolute atomic E-state index is 12.6. The van der Waals surface area contributed by atoms with Gasteiger partial charge in [-0.25, -0.2) is 9.97 Å². The molecule has 4 aromatic heterocycles. The van der Waals surface area contributed by atoms with Crippen LogP contribution in [0.1, 0.15) is 10.7 Å². The molecule has 0 bridgehead atoms. The first-order chi connectivity index (χ1) is 12.1. The molecule has 0 amide bonds. The molecule has 4 heterocycles. The fourth-order valence-corrected chi connectivity index (χ4v) is 5.40. The first-order valence-corrected chi connectivity index (χ1v) is 10.5. The summed E-state index contributed by atoms with van der Waals surface area (Å²) in [7, 11) is 0. The van der Waals surface area contributed by atoms with E-state index >= 15 is 0 Å². The monoisotopic (exact) mass is 405 g/mol. The van der Waals surface area contributed by atoms with Crippen LogP contribution in [0.5, 0.6) is 0 Å². The minimum atomic E-state index is -0.102. The van der Waals surface area contributed by atoms with Crippen molar-refractivity contribution in [1.29, 1.82) is 0 Å². The lowest BCUT2D eigenvalue weighted by Crippen LogP contribution is -2.10. The number of nitrogens with zero attached hydrogens (tertiary/aromatic N) is 2. The molecule has 0 aliphatic carbocycles. The van der Waals surface area contributed by atoms with Crippen LogP contribution < -0.4 is 5.56 Å². The normalized spacial score (nSPS) is 11.3. The van der Waals surface area contributed by atoms with Crippen molar-refractivity contribution in [2.45, 2.75) is 17.7 Å². The summed E-state index contributed by atoms with van der Waals surface area (Å²) in [4.78, 5) is 27.4. The Labute approximate surface area is 160 Å². The minimum absolute atomic E-state index is 0.102. The average molecular weight is 406 g/mol. The third-order valence-electron chi connectivity index (χ3n) is 3.57. The van der Waals surface area contributed by atoms with Gasteiger partial charge in [-0.05, 0) is 31.2 Å². The van der Waals surface area contributed by atoms with Gasteiger partial charge in [-0.2, -0.15) is 0 Å². The smallest absolute Gasteiger partial charge is 0.260 e. The Morgan fingerprint density at radius 1 is 1.32 bits per heavy atom. The fraction of sp³-hybridized carbons (Fsp3) is 0.118.